The van der Waals surface area contributed by atoms with Crippen molar-refractivity contribution >= 4 is 28.6 Å². The third kappa shape index (κ3) is 37.8. The van der Waals surface area contributed by atoms with Gasteiger partial charge in [-0.25, -0.2) is 0 Å². The quantitative estimate of drug-likeness (QED) is 0.0580. The van der Waals surface area contributed by atoms with Crippen LogP contribution >= 0.6 is 22.6 Å². The van der Waals surface area contributed by atoms with Gasteiger partial charge in [-0.2, -0.15) is 0 Å². The van der Waals surface area contributed by atoms with Crippen molar-refractivity contribution < 1.29 is 62.0 Å². The normalized spacial score (nSPS) is 11.4. The molecule has 0 aliphatic heterocycles. The van der Waals surface area contributed by atoms with Gasteiger partial charge in [0.1, 0.15) is 0 Å². The van der Waals surface area contributed by atoms with E-state index in [9.17, 15) is 4.79 Å². The number of hydrogen-bond donors (Lipinski definition) is 1. The van der Waals surface area contributed by atoms with Crippen LogP contribution < -0.4 is 0 Å². The molecule has 1 N–H and O–H groups in total. The second kappa shape index (κ2) is 35.8. The third-order valence-electron chi connectivity index (χ3n) is 4.40. The third-order valence-corrected chi connectivity index (χ3v) is 4.84. The lowest BCUT2D eigenvalue weighted by Crippen LogP contribution is -2.15. The van der Waals surface area contributed by atoms with E-state index in [1.807, 2.05) is 0 Å². The van der Waals surface area contributed by atoms with E-state index in [2.05, 4.69) is 22.6 Å². The van der Waals surface area contributed by atoms with Gasteiger partial charge in [0.15, 0.2) is 0 Å². The minimum absolute atomic E-state index is 0.000514. The zero-order valence-electron chi connectivity index (χ0n) is 23.2. The number of hydrogen-bond acceptors (Lipinski definition) is 12. The molecule has 0 fully saturated rings. The molecule has 0 saturated heterocycles. The van der Waals surface area contributed by atoms with E-state index in [0.29, 0.717) is 132 Å². The highest BCUT2D eigenvalue weighted by Gasteiger charge is 1.97. The van der Waals surface area contributed by atoms with Crippen LogP contribution in [0.1, 0.15) is 6.42 Å². The van der Waals surface area contributed by atoms with Crippen LogP contribution in [0.3, 0.4) is 0 Å². The average Bonchev–Trinajstić information content (AvgIpc) is 2.93. The number of ether oxygens (including phenoxy) is 11. The summed E-state index contributed by atoms with van der Waals surface area (Å²) >= 11 is 2.27. The van der Waals surface area contributed by atoms with Crippen molar-refractivity contribution in [2.75, 3.05) is 150 Å². The van der Waals surface area contributed by atoms with Crippen LogP contribution in [0.5, 0.6) is 0 Å². The van der Waals surface area contributed by atoms with Gasteiger partial charge in [-0.15, -0.1) is 0 Å². The molecule has 0 aromatic rings. The molecule has 14 heteroatoms. The summed E-state index contributed by atoms with van der Waals surface area (Å²) < 4.78 is 60.1. The van der Waals surface area contributed by atoms with Crippen LogP contribution in [0.25, 0.3) is 0 Å². The number of aliphatic carboxylic acids is 1. The van der Waals surface area contributed by atoms with Crippen LogP contribution in [0.4, 0.5) is 0 Å². The average molecular weight is 685 g/mol. The first-order valence-electron chi connectivity index (χ1n) is 13.4. The molecule has 0 aliphatic rings. The van der Waals surface area contributed by atoms with Gasteiger partial charge in [0.2, 0.25) is 0 Å². The summed E-state index contributed by atoms with van der Waals surface area (Å²) in [6.45, 7) is 11.0. The predicted molar refractivity (Wildman–Crippen MR) is 150 cm³/mol. The monoisotopic (exact) mass is 684 g/mol. The number of carbonyl (C=O) groups is 1. The van der Waals surface area contributed by atoms with Crippen LogP contribution in [-0.2, 0) is 56.9 Å². The molecule has 0 spiro atoms. The van der Waals surface area contributed by atoms with Gasteiger partial charge in [0.25, 0.3) is 0 Å². The number of carboxylic acids is 1. The topological polar surface area (TPSA) is 139 Å². The van der Waals surface area contributed by atoms with Crippen LogP contribution in [0.2, 0.25) is 0 Å². The zero-order valence-corrected chi connectivity index (χ0v) is 25.4. The van der Waals surface area contributed by atoms with E-state index in [1.54, 1.807) is 0 Å². The molecule has 39 heavy (non-hydrogen) atoms. The highest BCUT2D eigenvalue weighted by Crippen LogP contribution is 1.88. The molecule has 0 aliphatic carbocycles. The van der Waals surface area contributed by atoms with Gasteiger partial charge in [-0.05, 0) is 0 Å². The lowest BCUT2D eigenvalue weighted by Gasteiger charge is -2.09. The van der Waals surface area contributed by atoms with E-state index in [1.165, 1.54) is 0 Å². The molecule has 0 aromatic carbocycles. The Hall–Kier alpha value is -0.240. The van der Waals surface area contributed by atoms with Gasteiger partial charge in [-0.1, -0.05) is 22.6 Å². The SMILES string of the molecule is O=C(O)CCOCCOCCOCCOCCOCCOCCOCCOCCOCCOCCOCCI. The fourth-order valence-electron chi connectivity index (χ4n) is 2.52. The number of rotatable bonds is 35. The molecule has 0 heterocycles. The van der Waals surface area contributed by atoms with Crippen molar-refractivity contribution in [3.8, 4) is 0 Å². The number of halogens is 1. The minimum Gasteiger partial charge on any atom is -0.481 e. The molecule has 0 bridgehead atoms. The number of alkyl halides is 1. The lowest BCUT2D eigenvalue weighted by molar-refractivity contribution is -0.138. The Bertz CT molecular complexity index is 477. The van der Waals surface area contributed by atoms with E-state index in [4.69, 9.17) is 57.2 Å². The first kappa shape index (κ1) is 38.8. The molecule has 0 atom stereocenters. The van der Waals surface area contributed by atoms with Gasteiger partial charge in [0.05, 0.1) is 152 Å². The molecule has 0 amide bonds. The molecule has 13 nitrogen and oxygen atoms in total. The largest absolute Gasteiger partial charge is 0.481 e. The minimum atomic E-state index is -0.872. The molecule has 234 valence electrons. The standard InChI is InChI=1S/C25H49IO13/c26-2-4-30-6-8-32-10-12-34-14-16-36-18-20-38-22-24-39-23-21-37-19-17-35-15-13-33-11-9-31-7-5-29-3-1-25(27)28/h1-24H2,(H,27,28). The highest BCUT2D eigenvalue weighted by atomic mass is 127. The maximum Gasteiger partial charge on any atom is 0.305 e. The predicted octanol–water partition coefficient (Wildman–Crippen LogP) is 1.08. The van der Waals surface area contributed by atoms with Gasteiger partial charge in [0, 0.05) is 4.43 Å². The lowest BCUT2D eigenvalue weighted by atomic mass is 10.5. The summed E-state index contributed by atoms with van der Waals surface area (Å²) in [4.78, 5) is 10.3. The number of carboxylic acid groups (broad SMARTS) is 1. The van der Waals surface area contributed by atoms with Crippen LogP contribution in [0, 0.1) is 0 Å². The smallest absolute Gasteiger partial charge is 0.305 e. The summed E-state index contributed by atoms with van der Waals surface area (Å²) in [5.74, 6) is -0.872. The summed E-state index contributed by atoms with van der Waals surface area (Å²) in [7, 11) is 0. The summed E-state index contributed by atoms with van der Waals surface area (Å²) in [5.41, 5.74) is 0. The maximum absolute atomic E-state index is 10.3. The van der Waals surface area contributed by atoms with Crippen molar-refractivity contribution in [1.82, 2.24) is 0 Å². The van der Waals surface area contributed by atoms with Crippen LogP contribution in [0.15, 0.2) is 0 Å². The van der Waals surface area contributed by atoms with Gasteiger partial charge >= 0.3 is 5.97 Å². The van der Waals surface area contributed by atoms with Crippen molar-refractivity contribution in [3.63, 3.8) is 0 Å². The second-order valence-corrected chi connectivity index (χ2v) is 8.65. The first-order chi connectivity index (χ1) is 19.3. The molecule has 0 radical (unpaired) electrons. The Morgan fingerprint density at radius 3 is 0.718 bits per heavy atom. The molecule has 0 unspecified atom stereocenters. The maximum atomic E-state index is 10.3. The molecular formula is C25H49IO13. The second-order valence-electron chi connectivity index (χ2n) is 7.57. The fraction of sp³-hybridized carbons (Fsp3) is 0.960. The Kier molecular flexibility index (Phi) is 35.6. The Balaban J connectivity index is 3.02. The molecule has 0 saturated carbocycles. The molecular weight excluding hydrogens is 635 g/mol. The zero-order chi connectivity index (χ0) is 28.3. The van der Waals surface area contributed by atoms with Gasteiger partial charge in [-0.3, -0.25) is 4.79 Å². The van der Waals surface area contributed by atoms with Crippen molar-refractivity contribution in [3.05, 3.63) is 0 Å². The van der Waals surface area contributed by atoms with E-state index >= 15 is 0 Å². The Morgan fingerprint density at radius 1 is 0.359 bits per heavy atom. The van der Waals surface area contributed by atoms with Gasteiger partial charge < -0.3 is 57.2 Å². The molecule has 0 aromatic heterocycles. The Labute approximate surface area is 246 Å². The van der Waals surface area contributed by atoms with E-state index in [-0.39, 0.29) is 13.0 Å². The van der Waals surface area contributed by atoms with Crippen LogP contribution in [-0.4, -0.2) is 161 Å². The molecule has 0 rings (SSSR count). The highest BCUT2D eigenvalue weighted by molar-refractivity contribution is 14.1. The Morgan fingerprint density at radius 2 is 0.538 bits per heavy atom. The van der Waals surface area contributed by atoms with Crippen molar-refractivity contribution in [2.45, 2.75) is 6.42 Å². The fourth-order valence-corrected chi connectivity index (χ4v) is 2.83. The van der Waals surface area contributed by atoms with Crippen molar-refractivity contribution in [2.24, 2.45) is 0 Å². The summed E-state index contributed by atoms with van der Waals surface area (Å²) in [5, 5.41) is 8.47. The van der Waals surface area contributed by atoms with E-state index < -0.39 is 5.97 Å². The van der Waals surface area contributed by atoms with E-state index in [0.717, 1.165) is 11.0 Å². The first-order valence-corrected chi connectivity index (χ1v) is 14.9. The summed E-state index contributed by atoms with van der Waals surface area (Å²) in [6.07, 6.45) is 0.000514. The summed E-state index contributed by atoms with van der Waals surface area (Å²) in [6, 6.07) is 0. The van der Waals surface area contributed by atoms with Crippen molar-refractivity contribution in [1.29, 1.82) is 0 Å².